The zero-order chi connectivity index (χ0) is 19.9. The molecular weight excluding hydrogens is 393 g/mol. The predicted octanol–water partition coefficient (Wildman–Crippen LogP) is 6.44. The van der Waals surface area contributed by atoms with Gasteiger partial charge in [0.15, 0.2) is 5.82 Å². The van der Waals surface area contributed by atoms with Gasteiger partial charge in [-0.15, -0.1) is 0 Å². The van der Waals surface area contributed by atoms with E-state index in [2.05, 4.69) is 47.3 Å². The van der Waals surface area contributed by atoms with Gasteiger partial charge in [0.25, 0.3) is 0 Å². The van der Waals surface area contributed by atoms with Crippen molar-refractivity contribution in [3.63, 3.8) is 0 Å². The lowest BCUT2D eigenvalue weighted by molar-refractivity contribution is 0.349. The zero-order valence-electron chi connectivity index (χ0n) is 16.4. The van der Waals surface area contributed by atoms with Crippen LogP contribution in [0.15, 0.2) is 36.7 Å². The summed E-state index contributed by atoms with van der Waals surface area (Å²) in [4.78, 5) is 4.21. The minimum Gasteiger partial charge on any atom is -0.347 e. The molecule has 6 heteroatoms. The molecule has 4 rings (SSSR count). The summed E-state index contributed by atoms with van der Waals surface area (Å²) in [6.07, 6.45) is 6.34. The van der Waals surface area contributed by atoms with Crippen LogP contribution >= 0.6 is 23.5 Å². The topological polar surface area (TPSA) is 29.9 Å². The average molecular weight is 418 g/mol. The monoisotopic (exact) mass is 417 g/mol. The Morgan fingerprint density at radius 3 is 2.75 bits per heavy atom. The molecule has 1 aliphatic carbocycles. The molecule has 1 saturated carbocycles. The van der Waals surface area contributed by atoms with E-state index in [0.717, 1.165) is 29.4 Å². The van der Waals surface area contributed by atoms with E-state index < -0.39 is 5.82 Å². The van der Waals surface area contributed by atoms with Crippen molar-refractivity contribution < 1.29 is 4.39 Å². The van der Waals surface area contributed by atoms with E-state index in [0.29, 0.717) is 10.7 Å². The quantitative estimate of drug-likeness (QED) is 0.468. The molecule has 1 fully saturated rings. The van der Waals surface area contributed by atoms with Gasteiger partial charge in [0.2, 0.25) is 0 Å². The predicted molar refractivity (Wildman–Crippen MR) is 117 cm³/mol. The lowest BCUT2D eigenvalue weighted by Gasteiger charge is -2.20. The molecule has 0 spiro atoms. The maximum absolute atomic E-state index is 14.4. The maximum Gasteiger partial charge on any atom is 0.150 e. The van der Waals surface area contributed by atoms with Gasteiger partial charge in [0.1, 0.15) is 5.69 Å². The molecule has 2 heterocycles. The highest BCUT2D eigenvalue weighted by Crippen LogP contribution is 2.34. The van der Waals surface area contributed by atoms with Crippen LogP contribution in [0.1, 0.15) is 39.2 Å². The van der Waals surface area contributed by atoms with Crippen LogP contribution in [0, 0.1) is 11.2 Å². The third-order valence-electron chi connectivity index (χ3n) is 4.73. The van der Waals surface area contributed by atoms with Crippen LogP contribution in [-0.4, -0.2) is 14.8 Å². The van der Waals surface area contributed by atoms with Gasteiger partial charge < -0.3 is 4.57 Å². The first-order chi connectivity index (χ1) is 13.3. The van der Waals surface area contributed by atoms with Gasteiger partial charge in [-0.05, 0) is 36.0 Å². The van der Waals surface area contributed by atoms with Gasteiger partial charge in [0.05, 0.1) is 5.02 Å². The van der Waals surface area contributed by atoms with E-state index in [1.54, 1.807) is 0 Å². The van der Waals surface area contributed by atoms with Crippen LogP contribution < -0.4 is 4.72 Å². The molecular formula is C22H25ClFN3S. The van der Waals surface area contributed by atoms with E-state index in [1.165, 1.54) is 36.1 Å². The van der Waals surface area contributed by atoms with Crippen molar-refractivity contribution in [1.29, 1.82) is 0 Å². The number of nitrogens with zero attached hydrogens (tertiary/aromatic N) is 2. The summed E-state index contributed by atoms with van der Waals surface area (Å²) < 4.78 is 20.2. The summed E-state index contributed by atoms with van der Waals surface area (Å²) in [5.41, 5.74) is 3.61. The molecule has 3 nitrogen and oxygen atoms in total. The Kier molecular flexibility index (Phi) is 5.43. The number of fused-ring (bicyclic) bond motifs is 1. The molecule has 3 aromatic rings. The standard InChI is InChI=1S/C22H25ClFN3S/c1-22(2,3)13-27-12-15(10-26-28-17-5-6-17)18-7-4-14(8-20(18)27)21-19(24)9-16(23)11-25-21/h4,7-9,11-12,17,26H,5-6,10,13H2,1-3H3. The average Bonchev–Trinajstić information content (AvgIpc) is 3.37. The lowest BCUT2D eigenvalue weighted by atomic mass is 9.97. The normalized spacial score (nSPS) is 14.8. The molecule has 1 aromatic carbocycles. The number of pyridine rings is 1. The Balaban J connectivity index is 1.73. The number of benzene rings is 1. The van der Waals surface area contributed by atoms with Crippen molar-refractivity contribution in [2.24, 2.45) is 5.41 Å². The first-order valence-electron chi connectivity index (χ1n) is 9.62. The minimum absolute atomic E-state index is 0.138. The number of halogens is 2. The Morgan fingerprint density at radius 1 is 1.29 bits per heavy atom. The lowest BCUT2D eigenvalue weighted by Crippen LogP contribution is -2.14. The summed E-state index contributed by atoms with van der Waals surface area (Å²) in [6, 6.07) is 7.38. The number of aromatic nitrogens is 2. The third-order valence-corrected chi connectivity index (χ3v) is 6.05. The van der Waals surface area contributed by atoms with Crippen LogP contribution in [0.2, 0.25) is 5.02 Å². The van der Waals surface area contributed by atoms with Gasteiger partial charge in [-0.2, -0.15) is 0 Å². The van der Waals surface area contributed by atoms with Crippen LogP contribution in [0.25, 0.3) is 22.2 Å². The molecule has 28 heavy (non-hydrogen) atoms. The summed E-state index contributed by atoms with van der Waals surface area (Å²) >= 11 is 7.70. The Bertz CT molecular complexity index is 1000. The second kappa shape index (κ2) is 7.69. The maximum atomic E-state index is 14.4. The molecule has 148 valence electrons. The fourth-order valence-corrected chi connectivity index (χ4v) is 4.34. The Labute approximate surface area is 174 Å². The fourth-order valence-electron chi connectivity index (χ4n) is 3.35. The summed E-state index contributed by atoms with van der Waals surface area (Å²) in [5.74, 6) is -0.400. The summed E-state index contributed by atoms with van der Waals surface area (Å²) in [6.45, 7) is 8.39. The molecule has 0 atom stereocenters. The van der Waals surface area contributed by atoms with Gasteiger partial charge in [0, 0.05) is 47.2 Å². The van der Waals surface area contributed by atoms with Crippen molar-refractivity contribution >= 4 is 34.5 Å². The molecule has 0 unspecified atom stereocenters. The molecule has 0 amide bonds. The highest BCUT2D eigenvalue weighted by molar-refractivity contribution is 7.98. The van der Waals surface area contributed by atoms with Crippen molar-refractivity contribution in [1.82, 2.24) is 14.3 Å². The van der Waals surface area contributed by atoms with Gasteiger partial charge in [-0.25, -0.2) is 4.39 Å². The molecule has 0 radical (unpaired) electrons. The first kappa shape index (κ1) is 19.7. The van der Waals surface area contributed by atoms with Crippen molar-refractivity contribution in [2.45, 2.75) is 52.0 Å². The molecule has 0 bridgehead atoms. The molecule has 1 aliphatic rings. The molecule has 2 aromatic heterocycles. The zero-order valence-corrected chi connectivity index (χ0v) is 18.0. The van der Waals surface area contributed by atoms with Crippen molar-refractivity contribution in [3.05, 3.63) is 53.1 Å². The Hall–Kier alpha value is -1.56. The Morgan fingerprint density at radius 2 is 2.07 bits per heavy atom. The van der Waals surface area contributed by atoms with Crippen molar-refractivity contribution in [3.8, 4) is 11.3 Å². The second-order valence-corrected chi connectivity index (χ2v) is 10.3. The van der Waals surface area contributed by atoms with Crippen LogP contribution in [-0.2, 0) is 13.1 Å². The SMILES string of the molecule is CC(C)(C)Cn1cc(CNSC2CC2)c2ccc(-c3ncc(Cl)cc3F)cc21. The van der Waals surface area contributed by atoms with Crippen LogP contribution in [0.5, 0.6) is 0 Å². The largest absolute Gasteiger partial charge is 0.347 e. The first-order valence-corrected chi connectivity index (χ1v) is 10.9. The fraction of sp³-hybridized carbons (Fsp3) is 0.409. The smallest absolute Gasteiger partial charge is 0.150 e. The molecule has 1 N–H and O–H groups in total. The second-order valence-electron chi connectivity index (χ2n) is 8.70. The van der Waals surface area contributed by atoms with E-state index in [9.17, 15) is 4.39 Å². The summed E-state index contributed by atoms with van der Waals surface area (Å²) in [7, 11) is 0. The van der Waals surface area contributed by atoms with E-state index in [4.69, 9.17) is 11.6 Å². The minimum atomic E-state index is -0.400. The summed E-state index contributed by atoms with van der Waals surface area (Å²) in [5, 5.41) is 2.28. The van der Waals surface area contributed by atoms with Gasteiger partial charge in [-0.1, -0.05) is 56.5 Å². The van der Waals surface area contributed by atoms with Gasteiger partial charge in [-0.3, -0.25) is 9.71 Å². The van der Waals surface area contributed by atoms with Crippen molar-refractivity contribution in [2.75, 3.05) is 0 Å². The van der Waals surface area contributed by atoms with E-state index >= 15 is 0 Å². The molecule has 0 aliphatic heterocycles. The number of nitrogens with one attached hydrogen (secondary N) is 1. The highest BCUT2D eigenvalue weighted by Gasteiger charge is 2.22. The highest BCUT2D eigenvalue weighted by atomic mass is 35.5. The van der Waals surface area contributed by atoms with Crippen LogP contribution in [0.4, 0.5) is 4.39 Å². The third kappa shape index (κ3) is 4.53. The van der Waals surface area contributed by atoms with Crippen LogP contribution in [0.3, 0.4) is 0 Å². The van der Waals surface area contributed by atoms with E-state index in [-0.39, 0.29) is 5.41 Å². The number of hydrogen-bond donors (Lipinski definition) is 1. The number of hydrogen-bond acceptors (Lipinski definition) is 3. The van der Waals surface area contributed by atoms with Gasteiger partial charge >= 0.3 is 0 Å². The number of rotatable bonds is 6. The van der Waals surface area contributed by atoms with E-state index in [1.807, 2.05) is 24.1 Å². The molecule has 0 saturated heterocycles.